The monoisotopic (exact) mass is 548 g/mol. The first-order chi connectivity index (χ1) is 14.4. The Bertz CT molecular complexity index is 816. The van der Waals surface area contributed by atoms with Gasteiger partial charge in [-0.05, 0) is 42.2 Å². The van der Waals surface area contributed by atoms with Gasteiger partial charge in [-0.15, -0.1) is 24.0 Å². The van der Waals surface area contributed by atoms with Gasteiger partial charge >= 0.3 is 6.18 Å². The highest BCUT2D eigenvalue weighted by Gasteiger charge is 2.28. The highest BCUT2D eigenvalue weighted by atomic mass is 127. The summed E-state index contributed by atoms with van der Waals surface area (Å²) in [6.45, 7) is 2.11. The molecule has 1 heterocycles. The van der Waals surface area contributed by atoms with Crippen molar-refractivity contribution >= 4 is 35.6 Å². The zero-order valence-corrected chi connectivity index (χ0v) is 19.7. The summed E-state index contributed by atoms with van der Waals surface area (Å²) < 4.78 is 41.3. The van der Waals surface area contributed by atoms with Crippen LogP contribution in [0.2, 0.25) is 0 Å². The van der Waals surface area contributed by atoms with Crippen LogP contribution in [-0.4, -0.2) is 45.4 Å². The molecule has 1 atom stereocenters. The molecule has 1 fully saturated rings. The Kier molecular flexibility index (Phi) is 9.73. The molecular formula is C22H28F3IN4O. The molecule has 9 heteroatoms. The Balaban J connectivity index is 0.00000341. The number of ether oxygens (including phenoxy) is 1. The van der Waals surface area contributed by atoms with Crippen molar-refractivity contribution in [3.05, 3.63) is 60.2 Å². The molecule has 170 valence electrons. The molecule has 2 aromatic rings. The smallest absolute Gasteiger partial charge is 0.422 e. The van der Waals surface area contributed by atoms with Crippen LogP contribution in [-0.2, 0) is 6.54 Å². The van der Waals surface area contributed by atoms with Crippen LogP contribution in [0.5, 0.6) is 5.75 Å². The zero-order chi connectivity index (χ0) is 21.4. The van der Waals surface area contributed by atoms with Gasteiger partial charge in [-0.2, -0.15) is 13.2 Å². The fourth-order valence-corrected chi connectivity index (χ4v) is 3.39. The number of hydrogen-bond acceptors (Lipinski definition) is 3. The average Bonchev–Trinajstić information content (AvgIpc) is 3.22. The third-order valence-corrected chi connectivity index (χ3v) is 4.97. The molecule has 0 radical (unpaired) electrons. The van der Waals surface area contributed by atoms with Gasteiger partial charge in [0.1, 0.15) is 5.75 Å². The number of para-hydroxylation sites is 1. The Morgan fingerprint density at radius 1 is 1.10 bits per heavy atom. The second-order valence-electron chi connectivity index (χ2n) is 7.29. The zero-order valence-electron chi connectivity index (χ0n) is 17.4. The van der Waals surface area contributed by atoms with Crippen molar-refractivity contribution in [1.82, 2.24) is 10.6 Å². The number of halogens is 4. The van der Waals surface area contributed by atoms with Crippen molar-refractivity contribution in [1.29, 1.82) is 0 Å². The van der Waals surface area contributed by atoms with Crippen molar-refractivity contribution < 1.29 is 17.9 Å². The van der Waals surface area contributed by atoms with E-state index in [9.17, 15) is 13.2 Å². The number of hydrogen-bond donors (Lipinski definition) is 2. The van der Waals surface area contributed by atoms with Crippen LogP contribution in [0.1, 0.15) is 12.0 Å². The normalized spacial score (nSPS) is 16.6. The van der Waals surface area contributed by atoms with Gasteiger partial charge in [0.15, 0.2) is 12.6 Å². The van der Waals surface area contributed by atoms with Gasteiger partial charge in [0.05, 0.1) is 0 Å². The second kappa shape index (κ2) is 12.0. The van der Waals surface area contributed by atoms with Crippen molar-refractivity contribution in [3.63, 3.8) is 0 Å². The van der Waals surface area contributed by atoms with Crippen LogP contribution >= 0.6 is 24.0 Å². The predicted octanol–water partition coefficient (Wildman–Crippen LogP) is 4.44. The summed E-state index contributed by atoms with van der Waals surface area (Å²) in [5.41, 5.74) is 2.18. The van der Waals surface area contributed by atoms with E-state index in [-0.39, 0.29) is 29.7 Å². The standard InChI is InChI=1S/C22H27F3N4O.HI/c1-26-21(27-13-17-7-9-20(10-8-17)30-16-22(23,24)25)28-14-18-11-12-29(15-18)19-5-3-2-4-6-19;/h2-10,18H,11-16H2,1H3,(H2,26,27,28);1H. The number of alkyl halides is 3. The molecule has 3 rings (SSSR count). The lowest BCUT2D eigenvalue weighted by Crippen LogP contribution is -2.39. The minimum Gasteiger partial charge on any atom is -0.484 e. The van der Waals surface area contributed by atoms with Crippen LogP contribution in [0.25, 0.3) is 0 Å². The number of guanidine groups is 1. The number of anilines is 1. The minimum absolute atomic E-state index is 0. The molecule has 1 aliphatic rings. The third-order valence-electron chi connectivity index (χ3n) is 4.97. The van der Waals surface area contributed by atoms with E-state index in [2.05, 4.69) is 44.8 Å². The number of nitrogens with zero attached hydrogens (tertiary/aromatic N) is 2. The fourth-order valence-electron chi connectivity index (χ4n) is 3.39. The number of rotatable bonds is 7. The Labute approximate surface area is 198 Å². The molecule has 0 amide bonds. The van der Waals surface area contributed by atoms with Crippen molar-refractivity contribution in [3.8, 4) is 5.75 Å². The molecule has 0 aromatic heterocycles. The maximum Gasteiger partial charge on any atom is 0.422 e. The van der Waals surface area contributed by atoms with Crippen molar-refractivity contribution in [2.45, 2.75) is 19.1 Å². The van der Waals surface area contributed by atoms with E-state index in [1.165, 1.54) is 17.8 Å². The molecule has 0 saturated carbocycles. The van der Waals surface area contributed by atoms with Crippen LogP contribution in [0.15, 0.2) is 59.6 Å². The lowest BCUT2D eigenvalue weighted by molar-refractivity contribution is -0.153. The summed E-state index contributed by atoms with van der Waals surface area (Å²) in [5.74, 6) is 1.43. The molecule has 5 nitrogen and oxygen atoms in total. The topological polar surface area (TPSA) is 48.9 Å². The van der Waals surface area contributed by atoms with Gasteiger partial charge in [0.2, 0.25) is 0 Å². The van der Waals surface area contributed by atoms with Crippen LogP contribution in [0.4, 0.5) is 18.9 Å². The largest absolute Gasteiger partial charge is 0.484 e. The van der Waals surface area contributed by atoms with Gasteiger partial charge in [0.25, 0.3) is 0 Å². The number of aliphatic imine (C=N–C) groups is 1. The maximum atomic E-state index is 12.2. The van der Waals surface area contributed by atoms with E-state index in [0.717, 1.165) is 31.6 Å². The van der Waals surface area contributed by atoms with Gasteiger partial charge in [-0.25, -0.2) is 0 Å². The first-order valence-corrected chi connectivity index (χ1v) is 9.96. The fraction of sp³-hybridized carbons (Fsp3) is 0.409. The first kappa shape index (κ1) is 25.1. The number of nitrogens with one attached hydrogen (secondary N) is 2. The lowest BCUT2D eigenvalue weighted by atomic mass is 10.1. The second-order valence-corrected chi connectivity index (χ2v) is 7.29. The Hall–Kier alpha value is -2.17. The Morgan fingerprint density at radius 2 is 1.81 bits per heavy atom. The van der Waals surface area contributed by atoms with E-state index in [0.29, 0.717) is 18.4 Å². The van der Waals surface area contributed by atoms with Crippen LogP contribution < -0.4 is 20.3 Å². The quantitative estimate of drug-likeness (QED) is 0.306. The van der Waals surface area contributed by atoms with Gasteiger partial charge < -0.3 is 20.3 Å². The molecule has 2 aromatic carbocycles. The van der Waals surface area contributed by atoms with E-state index < -0.39 is 12.8 Å². The highest BCUT2D eigenvalue weighted by molar-refractivity contribution is 14.0. The molecule has 1 saturated heterocycles. The van der Waals surface area contributed by atoms with E-state index in [1.807, 2.05) is 6.07 Å². The van der Waals surface area contributed by atoms with Crippen LogP contribution in [0, 0.1) is 5.92 Å². The molecule has 2 N–H and O–H groups in total. The molecule has 1 aliphatic heterocycles. The van der Waals surface area contributed by atoms with Crippen LogP contribution in [0.3, 0.4) is 0 Å². The van der Waals surface area contributed by atoms with Gasteiger partial charge in [-0.3, -0.25) is 4.99 Å². The number of benzene rings is 2. The highest BCUT2D eigenvalue weighted by Crippen LogP contribution is 2.23. The molecule has 0 aliphatic carbocycles. The van der Waals surface area contributed by atoms with Gasteiger partial charge in [-0.1, -0.05) is 30.3 Å². The molecule has 0 bridgehead atoms. The van der Waals surface area contributed by atoms with E-state index >= 15 is 0 Å². The average molecular weight is 548 g/mol. The molecular weight excluding hydrogens is 520 g/mol. The summed E-state index contributed by atoms with van der Waals surface area (Å²) in [6, 6.07) is 17.0. The maximum absolute atomic E-state index is 12.2. The van der Waals surface area contributed by atoms with Crippen molar-refractivity contribution in [2.75, 3.05) is 38.2 Å². The molecule has 1 unspecified atom stereocenters. The molecule has 31 heavy (non-hydrogen) atoms. The summed E-state index contributed by atoms with van der Waals surface area (Å²) in [7, 11) is 1.72. The van der Waals surface area contributed by atoms with Gasteiger partial charge in [0, 0.05) is 38.9 Å². The summed E-state index contributed by atoms with van der Waals surface area (Å²) in [5, 5.41) is 6.60. The summed E-state index contributed by atoms with van der Waals surface area (Å²) in [4.78, 5) is 6.64. The third kappa shape index (κ3) is 8.47. The summed E-state index contributed by atoms with van der Waals surface area (Å²) in [6.07, 6.45) is -3.21. The van der Waals surface area contributed by atoms with E-state index in [4.69, 9.17) is 4.74 Å². The van der Waals surface area contributed by atoms with E-state index in [1.54, 1.807) is 19.2 Å². The summed E-state index contributed by atoms with van der Waals surface area (Å²) >= 11 is 0. The Morgan fingerprint density at radius 3 is 2.45 bits per heavy atom. The first-order valence-electron chi connectivity index (χ1n) is 9.96. The molecule has 0 spiro atoms. The lowest BCUT2D eigenvalue weighted by Gasteiger charge is -2.19. The SMILES string of the molecule is CN=C(NCc1ccc(OCC(F)(F)F)cc1)NCC1CCN(c2ccccc2)C1.I. The minimum atomic E-state index is -4.34. The predicted molar refractivity (Wildman–Crippen MR) is 128 cm³/mol. The van der Waals surface area contributed by atoms with Crippen molar-refractivity contribution in [2.24, 2.45) is 10.9 Å².